The Labute approximate surface area is 122 Å². The van der Waals surface area contributed by atoms with Crippen molar-refractivity contribution in [2.75, 3.05) is 6.61 Å². The molecule has 1 aromatic heterocycles. The van der Waals surface area contributed by atoms with Gasteiger partial charge in [0.1, 0.15) is 10.7 Å². The number of aliphatic hydroxyl groups is 2. The van der Waals surface area contributed by atoms with E-state index in [0.29, 0.717) is 4.64 Å². The molecule has 1 unspecified atom stereocenters. The Hall–Kier alpha value is -1.36. The van der Waals surface area contributed by atoms with Crippen LogP contribution in [0.1, 0.15) is 6.23 Å². The van der Waals surface area contributed by atoms with Crippen LogP contribution >= 0.6 is 24.4 Å². The van der Waals surface area contributed by atoms with Gasteiger partial charge in [0, 0.05) is 11.1 Å². The average Bonchev–Trinajstić information content (AvgIpc) is 2.65. The second-order valence-corrected chi connectivity index (χ2v) is 4.93. The second-order valence-electron chi connectivity index (χ2n) is 4.11. The van der Waals surface area contributed by atoms with E-state index in [1.807, 2.05) is 0 Å². The maximum atomic E-state index is 14.2. The molecule has 0 radical (unpaired) electrons. The molecule has 11 heteroatoms. The Kier molecular flexibility index (Phi) is 4.18. The number of H-pyrrole nitrogens is 1. The lowest BCUT2D eigenvalue weighted by atomic mass is 10.1. The zero-order valence-corrected chi connectivity index (χ0v) is 11.5. The molecule has 20 heavy (non-hydrogen) atoms. The molecule has 1 aromatic rings. The molecule has 0 aromatic carbocycles. The van der Waals surface area contributed by atoms with Gasteiger partial charge in [-0.2, -0.15) is 0 Å². The molecule has 0 bridgehead atoms. The fourth-order valence-corrected chi connectivity index (χ4v) is 2.40. The van der Waals surface area contributed by atoms with Gasteiger partial charge in [0.15, 0.2) is 17.2 Å². The zero-order valence-electron chi connectivity index (χ0n) is 9.88. The van der Waals surface area contributed by atoms with E-state index in [-0.39, 0.29) is 4.77 Å². The van der Waals surface area contributed by atoms with Gasteiger partial charge >= 0.3 is 0 Å². The van der Waals surface area contributed by atoms with E-state index in [9.17, 15) is 14.6 Å². The summed E-state index contributed by atoms with van der Waals surface area (Å²) in [7, 11) is 0. The zero-order chi connectivity index (χ0) is 14.9. The first kappa shape index (κ1) is 15.0. The van der Waals surface area contributed by atoms with Gasteiger partial charge in [-0.3, -0.25) is 4.57 Å². The van der Waals surface area contributed by atoms with Crippen molar-refractivity contribution in [2.24, 2.45) is 5.11 Å². The number of rotatable bonds is 3. The van der Waals surface area contributed by atoms with Gasteiger partial charge in [-0.15, -0.1) is 0 Å². The number of hydrogen-bond acceptors (Lipinski definition) is 6. The number of halogens is 1. The van der Waals surface area contributed by atoms with E-state index in [0.717, 1.165) is 0 Å². The molecule has 1 saturated heterocycles. The molecule has 1 fully saturated rings. The lowest BCUT2D eigenvalue weighted by molar-refractivity contribution is -0.124. The topological polar surface area (TPSA) is 119 Å². The summed E-state index contributed by atoms with van der Waals surface area (Å²) in [5, 5.41) is 22.2. The SMILES string of the molecule is [N-]=[N+]=N[C@]1(CO)O[C@@H](n2ccc(=S)[nH]c2=S)C(F)[C@H]1O. The second kappa shape index (κ2) is 5.56. The molecular formula is C9H10FN5O3S2. The summed E-state index contributed by atoms with van der Waals surface area (Å²) in [6, 6.07) is 1.46. The summed E-state index contributed by atoms with van der Waals surface area (Å²) in [5.41, 5.74) is 6.38. The lowest BCUT2D eigenvalue weighted by Gasteiger charge is -2.23. The van der Waals surface area contributed by atoms with Gasteiger partial charge < -0.3 is 19.9 Å². The molecule has 2 heterocycles. The third-order valence-corrected chi connectivity index (χ3v) is 3.48. The molecule has 1 aliphatic heterocycles. The smallest absolute Gasteiger partial charge is 0.201 e. The number of alkyl halides is 1. The van der Waals surface area contributed by atoms with E-state index < -0.39 is 30.8 Å². The van der Waals surface area contributed by atoms with Gasteiger partial charge in [-0.1, -0.05) is 17.3 Å². The van der Waals surface area contributed by atoms with E-state index >= 15 is 0 Å². The fraction of sp³-hybridized carbons (Fsp3) is 0.556. The Morgan fingerprint density at radius 2 is 2.35 bits per heavy atom. The Balaban J connectivity index is 2.47. The van der Waals surface area contributed by atoms with E-state index in [1.54, 1.807) is 0 Å². The number of ether oxygens (including phenoxy) is 1. The van der Waals surface area contributed by atoms with Crippen molar-refractivity contribution in [1.29, 1.82) is 0 Å². The molecule has 108 valence electrons. The first-order valence-corrected chi connectivity index (χ1v) is 6.25. The Morgan fingerprint density at radius 3 is 2.90 bits per heavy atom. The molecule has 8 nitrogen and oxygen atoms in total. The van der Waals surface area contributed by atoms with Crippen molar-refractivity contribution in [3.8, 4) is 0 Å². The number of nitrogens with zero attached hydrogens (tertiary/aromatic N) is 4. The summed E-state index contributed by atoms with van der Waals surface area (Å²) in [6.45, 7) is -0.870. The summed E-state index contributed by atoms with van der Waals surface area (Å²) in [5.74, 6) is 0. The molecule has 2 rings (SSSR count). The summed E-state index contributed by atoms with van der Waals surface area (Å²) in [4.78, 5) is 5.09. The molecule has 1 aliphatic rings. The summed E-state index contributed by atoms with van der Waals surface area (Å²) >= 11 is 9.86. The molecular weight excluding hydrogens is 309 g/mol. The molecule has 0 amide bonds. The number of aliphatic hydroxyl groups excluding tert-OH is 2. The van der Waals surface area contributed by atoms with E-state index in [2.05, 4.69) is 15.0 Å². The maximum absolute atomic E-state index is 14.2. The van der Waals surface area contributed by atoms with E-state index in [1.165, 1.54) is 16.8 Å². The van der Waals surface area contributed by atoms with Gasteiger partial charge in [-0.25, -0.2) is 4.39 Å². The van der Waals surface area contributed by atoms with Crippen LogP contribution in [0.15, 0.2) is 17.4 Å². The fourth-order valence-electron chi connectivity index (χ4n) is 1.91. The number of aromatic nitrogens is 2. The first-order valence-electron chi connectivity index (χ1n) is 5.44. The summed E-state index contributed by atoms with van der Waals surface area (Å²) in [6.07, 6.45) is -3.72. The normalized spacial score (nSPS) is 32.9. The van der Waals surface area contributed by atoms with Crippen LogP contribution in [-0.2, 0) is 4.74 Å². The average molecular weight is 319 g/mol. The lowest BCUT2D eigenvalue weighted by Crippen LogP contribution is -2.43. The monoisotopic (exact) mass is 319 g/mol. The minimum absolute atomic E-state index is 0.0760. The molecule has 4 atom stereocenters. The van der Waals surface area contributed by atoms with Crippen LogP contribution in [0.25, 0.3) is 10.4 Å². The van der Waals surface area contributed by atoms with Crippen molar-refractivity contribution in [3.05, 3.63) is 32.1 Å². The van der Waals surface area contributed by atoms with Crippen molar-refractivity contribution >= 4 is 24.4 Å². The Bertz CT molecular complexity index is 672. The predicted octanol–water partition coefficient (Wildman–Crippen LogP) is 1.50. The van der Waals surface area contributed by atoms with Crippen LogP contribution in [0.5, 0.6) is 0 Å². The highest BCUT2D eigenvalue weighted by molar-refractivity contribution is 7.72. The number of hydrogen-bond donors (Lipinski definition) is 3. The first-order chi connectivity index (χ1) is 9.45. The quantitative estimate of drug-likeness (QED) is 0.337. The third-order valence-electron chi connectivity index (χ3n) is 2.93. The van der Waals surface area contributed by atoms with Crippen LogP contribution in [0.2, 0.25) is 0 Å². The van der Waals surface area contributed by atoms with Crippen LogP contribution in [-0.4, -0.2) is 44.4 Å². The van der Waals surface area contributed by atoms with Crippen LogP contribution in [0, 0.1) is 9.41 Å². The van der Waals surface area contributed by atoms with Crippen molar-refractivity contribution < 1.29 is 19.3 Å². The molecule has 0 saturated carbocycles. The minimum Gasteiger partial charge on any atom is -0.393 e. The van der Waals surface area contributed by atoms with Gasteiger partial charge in [0.25, 0.3) is 0 Å². The maximum Gasteiger partial charge on any atom is 0.201 e. The molecule has 0 spiro atoms. The van der Waals surface area contributed by atoms with Gasteiger partial charge in [-0.05, 0) is 23.8 Å². The Morgan fingerprint density at radius 1 is 1.65 bits per heavy atom. The number of azide groups is 1. The van der Waals surface area contributed by atoms with Gasteiger partial charge in [0.2, 0.25) is 5.72 Å². The van der Waals surface area contributed by atoms with E-state index in [4.69, 9.17) is 34.7 Å². The van der Waals surface area contributed by atoms with Crippen molar-refractivity contribution in [1.82, 2.24) is 9.55 Å². The van der Waals surface area contributed by atoms with Crippen molar-refractivity contribution in [2.45, 2.75) is 24.2 Å². The molecule has 0 aliphatic carbocycles. The van der Waals surface area contributed by atoms with Crippen LogP contribution in [0.4, 0.5) is 4.39 Å². The van der Waals surface area contributed by atoms with Gasteiger partial charge in [0.05, 0.1) is 6.61 Å². The highest BCUT2D eigenvalue weighted by atomic mass is 32.1. The highest BCUT2D eigenvalue weighted by Gasteiger charge is 2.55. The van der Waals surface area contributed by atoms with Crippen LogP contribution in [0.3, 0.4) is 0 Å². The predicted molar refractivity (Wildman–Crippen MR) is 70.4 cm³/mol. The molecule has 3 N–H and O–H groups in total. The summed E-state index contributed by atoms with van der Waals surface area (Å²) < 4.78 is 21.0. The highest BCUT2D eigenvalue weighted by Crippen LogP contribution is 2.39. The largest absolute Gasteiger partial charge is 0.393 e. The van der Waals surface area contributed by atoms with Crippen molar-refractivity contribution in [3.63, 3.8) is 0 Å². The van der Waals surface area contributed by atoms with Crippen LogP contribution < -0.4 is 0 Å². The minimum atomic E-state index is -2.08. The third kappa shape index (κ3) is 2.35. The number of aromatic amines is 1. The standard InChI is InChI=1S/C9H10FN5O3S2/c10-5-6(17)9(3-16,13-14-11)18-7(5)15-2-1-4(19)12-8(15)20/h1-2,5-7,16-17H,3H2,(H,12,19,20)/t5?,6-,7-,9-/m1/s1. The number of nitrogens with one attached hydrogen (secondary N) is 1.